The van der Waals surface area contributed by atoms with E-state index in [4.69, 9.17) is 4.98 Å². The molecular weight excluding hydrogens is 446 g/mol. The van der Waals surface area contributed by atoms with Crippen molar-refractivity contribution in [3.8, 4) is 17.7 Å². The van der Waals surface area contributed by atoms with Gasteiger partial charge < -0.3 is 15.0 Å². The molecule has 1 unspecified atom stereocenters. The maximum Gasteiger partial charge on any atom is 0.349 e. The first kappa shape index (κ1) is 22.0. The molecule has 174 valence electrons. The molecule has 1 atom stereocenters. The topological polar surface area (TPSA) is 139 Å². The molecule has 0 amide bonds. The first-order chi connectivity index (χ1) is 16.8. The van der Waals surface area contributed by atoms with Crippen LogP contribution < -0.4 is 11.0 Å². The number of nitriles is 1. The van der Waals surface area contributed by atoms with Gasteiger partial charge in [0, 0.05) is 30.2 Å². The zero-order valence-electron chi connectivity index (χ0n) is 19.2. The standard InChI is InChI=1S/C24H21N9O2/c1-14-10-17(12-25)30-33(14)23-18(15(2)34)5-7-22(29-23)32-13-26-19-11-16(4-6-20(19)32)27-21-8-9-31(3)24(35)28-21/h4-11,13,15,34H,1-3H3,(H,27,28,35). The summed E-state index contributed by atoms with van der Waals surface area (Å²) in [5.74, 6) is 1.46. The van der Waals surface area contributed by atoms with E-state index < -0.39 is 6.10 Å². The van der Waals surface area contributed by atoms with Gasteiger partial charge in [-0.05, 0) is 56.3 Å². The molecule has 0 spiro atoms. The molecule has 0 aliphatic carbocycles. The van der Waals surface area contributed by atoms with Crippen molar-refractivity contribution in [1.29, 1.82) is 5.26 Å². The number of nitrogens with zero attached hydrogens (tertiary/aromatic N) is 8. The molecule has 2 N–H and O–H groups in total. The Bertz CT molecular complexity index is 1670. The maximum absolute atomic E-state index is 11.8. The van der Waals surface area contributed by atoms with Gasteiger partial charge in [0.05, 0.1) is 17.1 Å². The lowest BCUT2D eigenvalue weighted by atomic mass is 10.1. The van der Waals surface area contributed by atoms with E-state index in [9.17, 15) is 15.2 Å². The normalized spacial score (nSPS) is 12.0. The Morgan fingerprint density at radius 3 is 2.69 bits per heavy atom. The van der Waals surface area contributed by atoms with Crippen LogP contribution in [-0.4, -0.2) is 39.0 Å². The minimum Gasteiger partial charge on any atom is -0.389 e. The minimum absolute atomic E-state index is 0.269. The van der Waals surface area contributed by atoms with Crippen molar-refractivity contribution in [2.75, 3.05) is 5.32 Å². The minimum atomic E-state index is -0.780. The van der Waals surface area contributed by atoms with Gasteiger partial charge in [-0.1, -0.05) is 0 Å². The molecule has 4 aromatic heterocycles. The average Bonchev–Trinajstić information content (AvgIpc) is 3.44. The third kappa shape index (κ3) is 4.03. The van der Waals surface area contributed by atoms with E-state index in [0.29, 0.717) is 28.5 Å². The van der Waals surface area contributed by atoms with Gasteiger partial charge in [0.25, 0.3) is 0 Å². The van der Waals surface area contributed by atoms with Gasteiger partial charge in [0.2, 0.25) is 0 Å². The highest BCUT2D eigenvalue weighted by atomic mass is 16.3. The summed E-state index contributed by atoms with van der Waals surface area (Å²) in [6.07, 6.45) is 2.53. The number of nitrogens with one attached hydrogen (secondary N) is 1. The maximum atomic E-state index is 11.8. The number of pyridine rings is 1. The second kappa shape index (κ2) is 8.51. The first-order valence-electron chi connectivity index (χ1n) is 10.8. The van der Waals surface area contributed by atoms with Crippen LogP contribution in [0, 0.1) is 18.3 Å². The molecule has 0 bridgehead atoms. The summed E-state index contributed by atoms with van der Waals surface area (Å²) >= 11 is 0. The Balaban J connectivity index is 1.55. The zero-order valence-corrected chi connectivity index (χ0v) is 19.2. The summed E-state index contributed by atoms with van der Waals surface area (Å²) in [5, 5.41) is 27.0. The van der Waals surface area contributed by atoms with Crippen LogP contribution in [0.3, 0.4) is 0 Å². The van der Waals surface area contributed by atoms with E-state index in [-0.39, 0.29) is 11.4 Å². The number of aliphatic hydroxyl groups excluding tert-OH is 1. The van der Waals surface area contributed by atoms with Crippen LogP contribution >= 0.6 is 0 Å². The predicted molar refractivity (Wildman–Crippen MR) is 129 cm³/mol. The number of hydrogen-bond donors (Lipinski definition) is 2. The molecule has 0 radical (unpaired) electrons. The SMILES string of the molecule is Cc1cc(C#N)nn1-c1nc(-n2cnc3cc(Nc4ccn(C)c(=O)n4)ccc32)ccc1C(C)O. The van der Waals surface area contributed by atoms with Gasteiger partial charge in [-0.2, -0.15) is 15.3 Å². The van der Waals surface area contributed by atoms with Crippen LogP contribution in [-0.2, 0) is 7.05 Å². The van der Waals surface area contributed by atoms with Crippen molar-refractivity contribution in [1.82, 2.24) is 33.9 Å². The fourth-order valence-corrected chi connectivity index (χ4v) is 3.78. The smallest absolute Gasteiger partial charge is 0.349 e. The van der Waals surface area contributed by atoms with Crippen molar-refractivity contribution in [3.63, 3.8) is 0 Å². The lowest BCUT2D eigenvalue weighted by Gasteiger charge is -2.14. The van der Waals surface area contributed by atoms with Crippen LogP contribution in [0.2, 0.25) is 0 Å². The molecular formula is C24H21N9O2. The molecule has 11 heteroatoms. The highest BCUT2D eigenvalue weighted by Gasteiger charge is 2.17. The van der Waals surface area contributed by atoms with Crippen LogP contribution in [0.1, 0.15) is 30.0 Å². The summed E-state index contributed by atoms with van der Waals surface area (Å²) in [6, 6.07) is 14.6. The van der Waals surface area contributed by atoms with Crippen molar-refractivity contribution in [2.24, 2.45) is 7.05 Å². The fourth-order valence-electron chi connectivity index (χ4n) is 3.78. The van der Waals surface area contributed by atoms with E-state index in [1.54, 1.807) is 55.4 Å². The van der Waals surface area contributed by atoms with Crippen LogP contribution in [0.4, 0.5) is 11.5 Å². The summed E-state index contributed by atoms with van der Waals surface area (Å²) in [6.45, 7) is 3.48. The number of aromatic nitrogens is 7. The van der Waals surface area contributed by atoms with E-state index in [2.05, 4.69) is 20.4 Å². The third-order valence-corrected chi connectivity index (χ3v) is 5.58. The quantitative estimate of drug-likeness (QED) is 0.402. The van der Waals surface area contributed by atoms with E-state index in [1.807, 2.05) is 35.8 Å². The number of aryl methyl sites for hydroxylation is 2. The van der Waals surface area contributed by atoms with Gasteiger partial charge >= 0.3 is 5.69 Å². The van der Waals surface area contributed by atoms with Crippen LogP contribution in [0.15, 0.2) is 59.8 Å². The highest BCUT2D eigenvalue weighted by molar-refractivity contribution is 5.82. The number of hydrogen-bond acceptors (Lipinski definition) is 8. The van der Waals surface area contributed by atoms with E-state index in [0.717, 1.165) is 16.9 Å². The monoisotopic (exact) mass is 467 g/mol. The molecule has 5 aromatic rings. The molecule has 11 nitrogen and oxygen atoms in total. The summed E-state index contributed by atoms with van der Waals surface area (Å²) < 4.78 is 4.78. The lowest BCUT2D eigenvalue weighted by Crippen LogP contribution is -2.19. The van der Waals surface area contributed by atoms with Gasteiger partial charge in [0.1, 0.15) is 24.0 Å². The Morgan fingerprint density at radius 2 is 1.97 bits per heavy atom. The van der Waals surface area contributed by atoms with Crippen molar-refractivity contribution in [3.05, 3.63) is 82.4 Å². The van der Waals surface area contributed by atoms with Crippen LogP contribution in [0.5, 0.6) is 0 Å². The van der Waals surface area contributed by atoms with Crippen molar-refractivity contribution < 1.29 is 5.11 Å². The number of aliphatic hydroxyl groups is 1. The number of anilines is 2. The van der Waals surface area contributed by atoms with Crippen LogP contribution in [0.25, 0.3) is 22.7 Å². The summed E-state index contributed by atoms with van der Waals surface area (Å²) in [7, 11) is 1.64. The lowest BCUT2D eigenvalue weighted by molar-refractivity contribution is 0.198. The Labute approximate surface area is 199 Å². The van der Waals surface area contributed by atoms with Crippen molar-refractivity contribution >= 4 is 22.5 Å². The molecule has 0 aliphatic heterocycles. The van der Waals surface area contributed by atoms with Crippen molar-refractivity contribution in [2.45, 2.75) is 20.0 Å². The van der Waals surface area contributed by atoms with E-state index >= 15 is 0 Å². The first-order valence-corrected chi connectivity index (χ1v) is 10.8. The molecule has 0 saturated carbocycles. The van der Waals surface area contributed by atoms with Gasteiger partial charge in [-0.15, -0.1) is 0 Å². The second-order valence-corrected chi connectivity index (χ2v) is 8.10. The predicted octanol–water partition coefficient (Wildman–Crippen LogP) is 2.68. The van der Waals surface area contributed by atoms with Gasteiger partial charge in [-0.25, -0.2) is 19.4 Å². The zero-order chi connectivity index (χ0) is 24.7. The molecule has 5 rings (SSSR count). The third-order valence-electron chi connectivity index (χ3n) is 5.58. The number of fused-ring (bicyclic) bond motifs is 1. The second-order valence-electron chi connectivity index (χ2n) is 8.10. The number of benzene rings is 1. The molecule has 0 aliphatic rings. The average molecular weight is 467 g/mol. The van der Waals surface area contributed by atoms with Gasteiger partial charge in [0.15, 0.2) is 11.5 Å². The summed E-state index contributed by atoms with van der Waals surface area (Å²) in [4.78, 5) is 25.0. The summed E-state index contributed by atoms with van der Waals surface area (Å²) in [5.41, 5.74) is 3.49. The Morgan fingerprint density at radius 1 is 1.14 bits per heavy atom. The van der Waals surface area contributed by atoms with E-state index in [1.165, 1.54) is 4.57 Å². The van der Waals surface area contributed by atoms with Gasteiger partial charge in [-0.3, -0.25) is 4.57 Å². The molecule has 0 saturated heterocycles. The highest BCUT2D eigenvalue weighted by Crippen LogP contribution is 2.26. The fraction of sp³-hybridized carbons (Fsp3) is 0.167. The largest absolute Gasteiger partial charge is 0.389 e. The molecule has 1 aromatic carbocycles. The Hall–Kier alpha value is -4.82. The Kier molecular flexibility index (Phi) is 5.35. The molecule has 4 heterocycles. The number of rotatable bonds is 5. The molecule has 0 fully saturated rings. The number of imidazole rings is 1. The molecule has 35 heavy (non-hydrogen) atoms.